The van der Waals surface area contributed by atoms with Crippen LogP contribution in [-0.2, 0) is 38.3 Å². The zero-order chi connectivity index (χ0) is 29.7. The SMILES string of the molecule is C=CCN1C(Cc2ccccc2)C(=O)N2[C@@H](CCC)C(=O)N(Cc3ccccc3)C[C@@H]2N1S(=O)(=O)Cc1ccncc1. The number of hydrazine groups is 1. The van der Waals surface area contributed by atoms with Crippen LogP contribution >= 0.6 is 0 Å². The van der Waals surface area contributed by atoms with Crippen LogP contribution in [0, 0.1) is 0 Å². The lowest BCUT2D eigenvalue weighted by Crippen LogP contribution is -2.78. The molecule has 3 atom stereocenters. The highest BCUT2D eigenvalue weighted by atomic mass is 32.2. The van der Waals surface area contributed by atoms with Crippen molar-refractivity contribution in [1.82, 2.24) is 24.2 Å². The maximum atomic E-state index is 14.4. The summed E-state index contributed by atoms with van der Waals surface area (Å²) >= 11 is 0. The molecule has 0 saturated carbocycles. The molecule has 10 heteroatoms. The third kappa shape index (κ3) is 6.16. The van der Waals surface area contributed by atoms with Gasteiger partial charge in [0.1, 0.15) is 18.2 Å². The lowest BCUT2D eigenvalue weighted by Gasteiger charge is -2.57. The summed E-state index contributed by atoms with van der Waals surface area (Å²) in [6, 6.07) is 20.9. The quantitative estimate of drug-likeness (QED) is 0.318. The van der Waals surface area contributed by atoms with E-state index in [1.54, 1.807) is 45.4 Å². The summed E-state index contributed by atoms with van der Waals surface area (Å²) in [5.74, 6) is -0.676. The van der Waals surface area contributed by atoms with Gasteiger partial charge >= 0.3 is 0 Å². The summed E-state index contributed by atoms with van der Waals surface area (Å²) in [7, 11) is -4.03. The molecule has 2 aliphatic rings. The molecule has 2 aromatic carbocycles. The summed E-state index contributed by atoms with van der Waals surface area (Å²) in [6.45, 7) is 6.39. The Hall–Kier alpha value is -3.86. The summed E-state index contributed by atoms with van der Waals surface area (Å²) < 4.78 is 30.2. The molecule has 2 aliphatic heterocycles. The Morgan fingerprint density at radius 3 is 2.14 bits per heavy atom. The van der Waals surface area contributed by atoms with Gasteiger partial charge in [-0.15, -0.1) is 11.0 Å². The second kappa shape index (κ2) is 13.0. The van der Waals surface area contributed by atoms with Crippen molar-refractivity contribution in [2.24, 2.45) is 0 Å². The van der Waals surface area contributed by atoms with E-state index in [-0.39, 0.29) is 30.7 Å². The first-order valence-corrected chi connectivity index (χ1v) is 15.9. The molecule has 0 N–H and O–H groups in total. The number of carbonyl (C=O) groups excluding carboxylic acids is 2. The number of benzene rings is 2. The van der Waals surface area contributed by atoms with Gasteiger partial charge in [-0.1, -0.05) is 80.1 Å². The predicted molar refractivity (Wildman–Crippen MR) is 161 cm³/mol. The van der Waals surface area contributed by atoms with Crippen molar-refractivity contribution in [2.45, 2.75) is 56.7 Å². The van der Waals surface area contributed by atoms with E-state index in [1.165, 1.54) is 4.41 Å². The molecule has 42 heavy (non-hydrogen) atoms. The Morgan fingerprint density at radius 2 is 1.52 bits per heavy atom. The van der Waals surface area contributed by atoms with Gasteiger partial charge < -0.3 is 9.80 Å². The molecule has 0 bridgehead atoms. The molecule has 2 fully saturated rings. The zero-order valence-electron chi connectivity index (χ0n) is 23.8. The van der Waals surface area contributed by atoms with Crippen LogP contribution < -0.4 is 0 Å². The fraction of sp³-hybridized carbons (Fsp3) is 0.344. The molecule has 2 amide bonds. The summed E-state index contributed by atoms with van der Waals surface area (Å²) in [5.41, 5.74) is 2.42. The average molecular weight is 588 g/mol. The first-order valence-electron chi connectivity index (χ1n) is 14.3. The number of rotatable bonds is 11. The Bertz CT molecular complexity index is 1490. The Balaban J connectivity index is 1.61. The maximum absolute atomic E-state index is 14.4. The number of nitrogens with zero attached hydrogens (tertiary/aromatic N) is 5. The van der Waals surface area contributed by atoms with E-state index in [4.69, 9.17) is 0 Å². The van der Waals surface area contributed by atoms with Crippen LogP contribution in [0.4, 0.5) is 0 Å². The van der Waals surface area contributed by atoms with Crippen molar-refractivity contribution in [3.05, 3.63) is 115 Å². The van der Waals surface area contributed by atoms with Crippen molar-refractivity contribution in [3.63, 3.8) is 0 Å². The molecular weight excluding hydrogens is 550 g/mol. The lowest BCUT2D eigenvalue weighted by atomic mass is 9.97. The molecule has 1 aromatic heterocycles. The van der Waals surface area contributed by atoms with Crippen molar-refractivity contribution < 1.29 is 18.0 Å². The second-order valence-corrected chi connectivity index (χ2v) is 12.6. The number of hydrogen-bond donors (Lipinski definition) is 0. The fourth-order valence-corrected chi connectivity index (χ4v) is 7.74. The molecule has 5 rings (SSSR count). The minimum atomic E-state index is -4.03. The minimum Gasteiger partial charge on any atom is -0.333 e. The molecule has 0 spiro atoms. The highest BCUT2D eigenvalue weighted by Crippen LogP contribution is 2.35. The van der Waals surface area contributed by atoms with Crippen LogP contribution in [0.1, 0.15) is 36.5 Å². The Labute approximate surface area is 248 Å². The first-order chi connectivity index (χ1) is 20.3. The molecule has 3 aromatic rings. The van der Waals surface area contributed by atoms with E-state index in [1.807, 2.05) is 67.6 Å². The van der Waals surface area contributed by atoms with Gasteiger partial charge in [0.15, 0.2) is 0 Å². The van der Waals surface area contributed by atoms with Gasteiger partial charge in [0, 0.05) is 25.5 Å². The smallest absolute Gasteiger partial charge is 0.245 e. The number of sulfonamides is 1. The Morgan fingerprint density at radius 1 is 0.881 bits per heavy atom. The lowest BCUT2D eigenvalue weighted by molar-refractivity contribution is -0.193. The minimum absolute atomic E-state index is 0.0565. The number of fused-ring (bicyclic) bond motifs is 1. The van der Waals surface area contributed by atoms with Crippen molar-refractivity contribution in [1.29, 1.82) is 0 Å². The predicted octanol–water partition coefficient (Wildman–Crippen LogP) is 3.61. The van der Waals surface area contributed by atoms with Crippen molar-refractivity contribution >= 4 is 21.8 Å². The molecule has 1 unspecified atom stereocenters. The van der Waals surface area contributed by atoms with Gasteiger partial charge in [0.25, 0.3) is 0 Å². The number of pyridine rings is 1. The van der Waals surface area contributed by atoms with E-state index in [2.05, 4.69) is 11.6 Å². The molecule has 220 valence electrons. The largest absolute Gasteiger partial charge is 0.333 e. The van der Waals surface area contributed by atoms with Gasteiger partial charge in [0.05, 0.1) is 12.3 Å². The van der Waals surface area contributed by atoms with E-state index in [9.17, 15) is 18.0 Å². The average Bonchev–Trinajstić information content (AvgIpc) is 2.98. The van der Waals surface area contributed by atoms with E-state index >= 15 is 0 Å². The van der Waals surface area contributed by atoms with Crippen LogP contribution in [0.25, 0.3) is 0 Å². The highest BCUT2D eigenvalue weighted by molar-refractivity contribution is 7.88. The molecule has 0 aliphatic carbocycles. The van der Waals surface area contributed by atoms with Gasteiger partial charge in [-0.3, -0.25) is 14.6 Å². The van der Waals surface area contributed by atoms with E-state index in [0.717, 1.165) is 11.1 Å². The van der Waals surface area contributed by atoms with Crippen molar-refractivity contribution in [2.75, 3.05) is 13.1 Å². The highest BCUT2D eigenvalue weighted by Gasteiger charge is 2.56. The van der Waals surface area contributed by atoms with Gasteiger partial charge in [-0.2, -0.15) is 0 Å². The second-order valence-electron chi connectivity index (χ2n) is 10.7. The van der Waals surface area contributed by atoms with Gasteiger partial charge in [0.2, 0.25) is 21.8 Å². The van der Waals surface area contributed by atoms with E-state index < -0.39 is 28.3 Å². The van der Waals surface area contributed by atoms with Crippen molar-refractivity contribution in [3.8, 4) is 0 Å². The Kier molecular flexibility index (Phi) is 9.15. The first kappa shape index (κ1) is 29.6. The number of carbonyl (C=O) groups is 2. The van der Waals surface area contributed by atoms with Crippen LogP contribution in [-0.4, -0.2) is 75.8 Å². The number of hydrogen-bond acceptors (Lipinski definition) is 6. The van der Waals surface area contributed by atoms with Crippen LogP contribution in [0.3, 0.4) is 0 Å². The fourth-order valence-electron chi connectivity index (χ4n) is 5.95. The van der Waals surface area contributed by atoms with Crippen LogP contribution in [0.5, 0.6) is 0 Å². The van der Waals surface area contributed by atoms with Gasteiger partial charge in [-0.25, -0.2) is 13.4 Å². The van der Waals surface area contributed by atoms with Gasteiger partial charge in [-0.05, 0) is 41.7 Å². The number of piperazine rings is 1. The number of aromatic nitrogens is 1. The normalized spacial score (nSPS) is 21.8. The maximum Gasteiger partial charge on any atom is 0.245 e. The third-order valence-corrected chi connectivity index (χ3v) is 9.52. The molecular formula is C32H37N5O4S. The van der Waals surface area contributed by atoms with E-state index in [0.29, 0.717) is 31.4 Å². The zero-order valence-corrected chi connectivity index (χ0v) is 24.6. The summed E-state index contributed by atoms with van der Waals surface area (Å²) in [6.07, 6.45) is 5.24. The summed E-state index contributed by atoms with van der Waals surface area (Å²) in [5, 5.41) is 1.64. The third-order valence-electron chi connectivity index (χ3n) is 7.79. The van der Waals surface area contributed by atoms with Crippen LogP contribution in [0.15, 0.2) is 97.8 Å². The number of amides is 2. The molecule has 0 radical (unpaired) electrons. The topological polar surface area (TPSA) is 94.1 Å². The summed E-state index contributed by atoms with van der Waals surface area (Å²) in [4.78, 5) is 35.7. The monoisotopic (exact) mass is 587 g/mol. The van der Waals surface area contributed by atoms with Crippen LogP contribution in [0.2, 0.25) is 0 Å². The standard InChI is InChI=1S/C32H37N5O4S/c1-3-11-28-31(38)34(22-26-14-9-6-10-15-26)23-30-36(28)32(39)29(21-25-12-7-5-8-13-25)35(20-4-2)37(30)42(40,41)24-27-16-18-33-19-17-27/h4-10,12-19,28-30H,2-3,11,20-24H2,1H3/t28-,29?,30-/m0/s1. The molecule has 9 nitrogen and oxygen atoms in total. The molecule has 2 saturated heterocycles. The molecule has 3 heterocycles.